The van der Waals surface area contributed by atoms with E-state index < -0.39 is 23.6 Å². The van der Waals surface area contributed by atoms with Crippen LogP contribution in [0, 0.1) is 0 Å². The smallest absolute Gasteiger partial charge is 0.477 e. The van der Waals surface area contributed by atoms with Crippen LogP contribution < -0.4 is 14.9 Å². The minimum absolute atomic E-state index is 0.0647. The third kappa shape index (κ3) is 4.65. The number of aromatic nitrogens is 3. The first kappa shape index (κ1) is 23.8. The van der Waals surface area contributed by atoms with Gasteiger partial charge >= 0.3 is 11.9 Å². The SMILES string of the molecule is O=c1c(-c2cccc(OC(F)(F)F)c2)c(O)[n+](Cc2cnc(Cl)s2)c2c(-c3ccccc3)cccn12. The molecule has 0 aliphatic rings. The number of pyridine rings is 1. The van der Waals surface area contributed by atoms with Crippen LogP contribution in [-0.4, -0.2) is 20.9 Å². The number of ether oxygens (including phenoxy) is 1. The molecule has 0 atom stereocenters. The van der Waals surface area contributed by atoms with Crippen molar-refractivity contribution in [1.82, 2.24) is 9.38 Å². The lowest BCUT2D eigenvalue weighted by Gasteiger charge is -2.13. The summed E-state index contributed by atoms with van der Waals surface area (Å²) in [6.07, 6.45) is -1.81. The minimum atomic E-state index is -4.91. The molecule has 0 saturated heterocycles. The summed E-state index contributed by atoms with van der Waals surface area (Å²) in [5.41, 5.74) is 1.14. The van der Waals surface area contributed by atoms with Crippen molar-refractivity contribution < 1.29 is 27.6 Å². The Kier molecular flexibility index (Phi) is 6.15. The molecule has 0 unspecified atom stereocenters. The first-order valence-electron chi connectivity index (χ1n) is 10.5. The second kappa shape index (κ2) is 9.29. The zero-order valence-corrected chi connectivity index (χ0v) is 19.8. The summed E-state index contributed by atoms with van der Waals surface area (Å²) in [6.45, 7) is 0.107. The number of nitrogens with zero attached hydrogens (tertiary/aromatic N) is 3. The van der Waals surface area contributed by atoms with Crippen LogP contribution in [0.1, 0.15) is 4.88 Å². The van der Waals surface area contributed by atoms with Gasteiger partial charge in [0.2, 0.25) is 0 Å². The average molecular weight is 531 g/mol. The molecule has 1 N–H and O–H groups in total. The molecule has 0 amide bonds. The number of thiazole rings is 1. The molecule has 2 aromatic carbocycles. The third-order valence-corrected chi connectivity index (χ3v) is 6.51. The maximum absolute atomic E-state index is 13.6. The highest BCUT2D eigenvalue weighted by molar-refractivity contribution is 7.15. The van der Waals surface area contributed by atoms with E-state index in [0.29, 0.717) is 20.6 Å². The van der Waals surface area contributed by atoms with Gasteiger partial charge in [-0.2, -0.15) is 8.97 Å². The molecule has 5 aromatic rings. The highest BCUT2D eigenvalue weighted by Gasteiger charge is 2.32. The van der Waals surface area contributed by atoms with Gasteiger partial charge in [-0.3, -0.25) is 0 Å². The van der Waals surface area contributed by atoms with E-state index in [0.717, 1.165) is 17.7 Å². The first-order chi connectivity index (χ1) is 17.2. The molecule has 3 aromatic heterocycles. The fourth-order valence-electron chi connectivity index (χ4n) is 4.00. The molecule has 11 heteroatoms. The molecular weight excluding hydrogens is 515 g/mol. The van der Waals surface area contributed by atoms with Crippen molar-refractivity contribution in [2.75, 3.05) is 0 Å². The van der Waals surface area contributed by atoms with E-state index in [1.807, 2.05) is 36.4 Å². The van der Waals surface area contributed by atoms with Gasteiger partial charge in [-0.25, -0.2) is 9.78 Å². The van der Waals surface area contributed by atoms with Crippen molar-refractivity contribution in [3.63, 3.8) is 0 Å². The summed E-state index contributed by atoms with van der Waals surface area (Å²) in [5.74, 6) is -0.931. The summed E-state index contributed by atoms with van der Waals surface area (Å²) >= 11 is 7.22. The largest absolute Gasteiger partial charge is 0.573 e. The Balaban J connectivity index is 1.80. The number of halogens is 4. The van der Waals surface area contributed by atoms with Gasteiger partial charge < -0.3 is 9.84 Å². The van der Waals surface area contributed by atoms with E-state index in [1.165, 1.54) is 32.4 Å². The lowest BCUT2D eigenvalue weighted by atomic mass is 10.0. The van der Waals surface area contributed by atoms with Gasteiger partial charge in [-0.15, -0.1) is 24.5 Å². The van der Waals surface area contributed by atoms with Crippen LogP contribution in [-0.2, 0) is 6.54 Å². The molecule has 36 heavy (non-hydrogen) atoms. The molecule has 6 nitrogen and oxygen atoms in total. The Morgan fingerprint density at radius 3 is 2.50 bits per heavy atom. The fraction of sp³-hybridized carbons (Fsp3) is 0.0800. The Morgan fingerprint density at radius 2 is 1.81 bits per heavy atom. The van der Waals surface area contributed by atoms with Gasteiger partial charge in [0.05, 0.1) is 16.6 Å². The molecular formula is C25H16ClF3N3O3S+. The van der Waals surface area contributed by atoms with Gasteiger partial charge in [-0.1, -0.05) is 54.1 Å². The molecule has 0 bridgehead atoms. The molecule has 5 rings (SSSR count). The monoisotopic (exact) mass is 530 g/mol. The van der Waals surface area contributed by atoms with Gasteiger partial charge in [0.25, 0.3) is 11.5 Å². The Bertz CT molecular complexity index is 1640. The van der Waals surface area contributed by atoms with E-state index in [9.17, 15) is 23.1 Å². The molecule has 0 fully saturated rings. The number of fused-ring (bicyclic) bond motifs is 1. The molecule has 3 heterocycles. The molecule has 0 radical (unpaired) electrons. The van der Waals surface area contributed by atoms with E-state index in [4.69, 9.17) is 11.6 Å². The van der Waals surface area contributed by atoms with Crippen molar-refractivity contribution in [1.29, 1.82) is 0 Å². The van der Waals surface area contributed by atoms with Crippen LogP contribution in [0.3, 0.4) is 0 Å². The van der Waals surface area contributed by atoms with Gasteiger partial charge in [0.15, 0.2) is 10.0 Å². The number of hydrogen-bond donors (Lipinski definition) is 1. The van der Waals surface area contributed by atoms with Gasteiger partial charge in [0.1, 0.15) is 12.3 Å². The number of rotatable bonds is 5. The quantitative estimate of drug-likeness (QED) is 0.297. The Hall–Kier alpha value is -3.89. The van der Waals surface area contributed by atoms with Crippen molar-refractivity contribution in [3.05, 3.63) is 98.8 Å². The maximum Gasteiger partial charge on any atom is 0.573 e. The number of alkyl halides is 3. The van der Waals surface area contributed by atoms with Crippen LogP contribution in [0.25, 0.3) is 27.9 Å². The second-order valence-electron chi connectivity index (χ2n) is 7.73. The van der Waals surface area contributed by atoms with Crippen LogP contribution >= 0.6 is 22.9 Å². The van der Waals surface area contributed by atoms with E-state index in [-0.39, 0.29) is 17.7 Å². The predicted octanol–water partition coefficient (Wildman–Crippen LogP) is 5.68. The van der Waals surface area contributed by atoms with Crippen molar-refractivity contribution in [2.45, 2.75) is 12.9 Å². The van der Waals surface area contributed by atoms with Crippen LogP contribution in [0.5, 0.6) is 11.6 Å². The van der Waals surface area contributed by atoms with Crippen LogP contribution in [0.15, 0.2) is 83.9 Å². The average Bonchev–Trinajstić information content (AvgIpc) is 3.26. The van der Waals surface area contributed by atoms with E-state index in [1.54, 1.807) is 18.5 Å². The van der Waals surface area contributed by atoms with Crippen molar-refractivity contribution >= 4 is 28.6 Å². The first-order valence-corrected chi connectivity index (χ1v) is 11.7. The third-order valence-electron chi connectivity index (χ3n) is 5.42. The van der Waals surface area contributed by atoms with E-state index in [2.05, 4.69) is 9.72 Å². The number of aromatic hydroxyl groups is 1. The zero-order valence-electron chi connectivity index (χ0n) is 18.2. The van der Waals surface area contributed by atoms with Gasteiger partial charge in [-0.05, 0) is 29.8 Å². The molecule has 0 spiro atoms. The standard InChI is InChI=1S/C25H15ClF3N3O3S/c26-24-30-13-18(36-24)14-32-21-19(15-6-2-1-3-7-15)10-5-11-31(21)22(33)20(23(32)34)16-8-4-9-17(12-16)35-25(27,28)29/h1-13H,14H2/p+1. The second-order valence-corrected chi connectivity index (χ2v) is 9.42. The van der Waals surface area contributed by atoms with Crippen molar-refractivity contribution in [2.24, 2.45) is 0 Å². The van der Waals surface area contributed by atoms with Crippen molar-refractivity contribution in [3.8, 4) is 33.9 Å². The minimum Gasteiger partial charge on any atom is -0.477 e. The molecule has 0 aliphatic carbocycles. The maximum atomic E-state index is 13.6. The van der Waals surface area contributed by atoms with Crippen LogP contribution in [0.2, 0.25) is 4.47 Å². The molecule has 0 saturated carbocycles. The Labute approximate surface area is 211 Å². The van der Waals surface area contributed by atoms with Crippen LogP contribution in [0.4, 0.5) is 13.2 Å². The molecule has 0 aliphatic heterocycles. The topological polar surface area (TPSA) is 67.7 Å². The summed E-state index contributed by atoms with van der Waals surface area (Å²) in [4.78, 5) is 18.4. The summed E-state index contributed by atoms with van der Waals surface area (Å²) in [5, 5.41) is 11.4. The number of benzene rings is 2. The summed E-state index contributed by atoms with van der Waals surface area (Å²) in [7, 11) is 0. The zero-order chi connectivity index (χ0) is 25.4. The lowest BCUT2D eigenvalue weighted by molar-refractivity contribution is -0.670. The summed E-state index contributed by atoms with van der Waals surface area (Å²) < 4.78 is 45.6. The highest BCUT2D eigenvalue weighted by atomic mass is 35.5. The molecule has 182 valence electrons. The summed E-state index contributed by atoms with van der Waals surface area (Å²) in [6, 6.07) is 17.7. The van der Waals surface area contributed by atoms with Gasteiger partial charge in [0, 0.05) is 11.8 Å². The lowest BCUT2D eigenvalue weighted by Crippen LogP contribution is -2.41. The highest BCUT2D eigenvalue weighted by Crippen LogP contribution is 2.31. The normalized spacial score (nSPS) is 11.7. The number of hydrogen-bond acceptors (Lipinski definition) is 5. The Morgan fingerprint density at radius 1 is 1.06 bits per heavy atom. The predicted molar refractivity (Wildman–Crippen MR) is 129 cm³/mol. The fourth-order valence-corrected chi connectivity index (χ4v) is 4.96. The van der Waals surface area contributed by atoms with E-state index >= 15 is 0 Å².